The van der Waals surface area contributed by atoms with E-state index in [1.165, 1.54) is 6.33 Å². The predicted molar refractivity (Wildman–Crippen MR) is 82.1 cm³/mol. The van der Waals surface area contributed by atoms with E-state index in [4.69, 9.17) is 11.6 Å². The molecule has 1 atom stereocenters. The van der Waals surface area contributed by atoms with E-state index in [2.05, 4.69) is 20.6 Å². The largest absolute Gasteiger partial charge is 0.369 e. The van der Waals surface area contributed by atoms with Gasteiger partial charge in [-0.05, 0) is 19.3 Å². The molecule has 0 aliphatic carbocycles. The van der Waals surface area contributed by atoms with Crippen molar-refractivity contribution in [3.63, 3.8) is 0 Å². The van der Waals surface area contributed by atoms with Crippen LogP contribution in [-0.4, -0.2) is 28.5 Å². The number of nitrogens with zero attached hydrogens (tertiary/aromatic N) is 2. The first-order valence-corrected chi connectivity index (χ1v) is 7.37. The number of hydrogen-bond acceptors (Lipinski definition) is 4. The molecule has 6 heteroatoms. The van der Waals surface area contributed by atoms with Crippen molar-refractivity contribution in [2.24, 2.45) is 0 Å². The molecule has 2 N–H and O–H groups in total. The Balaban J connectivity index is 2.54. The summed E-state index contributed by atoms with van der Waals surface area (Å²) in [6.07, 6.45) is 2.76. The summed E-state index contributed by atoms with van der Waals surface area (Å²) >= 11 is 6.08. The highest BCUT2D eigenvalue weighted by atomic mass is 35.5. The second-order valence-corrected chi connectivity index (χ2v) is 5.49. The Bertz CT molecular complexity index is 451. The van der Waals surface area contributed by atoms with Crippen molar-refractivity contribution in [2.45, 2.75) is 52.5 Å². The molecule has 0 aliphatic heterocycles. The van der Waals surface area contributed by atoms with Crippen molar-refractivity contribution in [3.8, 4) is 0 Å². The van der Waals surface area contributed by atoms with E-state index < -0.39 is 0 Å². The molecule has 5 nitrogen and oxygen atoms in total. The van der Waals surface area contributed by atoms with Gasteiger partial charge in [0.2, 0.25) is 5.91 Å². The normalized spacial score (nSPS) is 12.3. The molecule has 1 rings (SSSR count). The van der Waals surface area contributed by atoms with Crippen LogP contribution in [0, 0.1) is 0 Å². The fraction of sp³-hybridized carbons (Fsp3) is 0.643. The lowest BCUT2D eigenvalue weighted by molar-refractivity contribution is -0.121. The maximum absolute atomic E-state index is 11.7. The first-order chi connectivity index (χ1) is 9.45. The molecule has 0 spiro atoms. The molecule has 0 bridgehead atoms. The number of amides is 1. The van der Waals surface area contributed by atoms with E-state index >= 15 is 0 Å². The lowest BCUT2D eigenvalue weighted by Crippen LogP contribution is -2.33. The van der Waals surface area contributed by atoms with E-state index in [1.54, 1.807) is 0 Å². The van der Waals surface area contributed by atoms with Gasteiger partial charge in [0.05, 0.1) is 0 Å². The third-order valence-corrected chi connectivity index (χ3v) is 3.38. The molecule has 1 aromatic rings. The minimum atomic E-state index is 0.0399. The average molecular weight is 299 g/mol. The molecule has 20 heavy (non-hydrogen) atoms. The van der Waals surface area contributed by atoms with Crippen LogP contribution in [0.25, 0.3) is 0 Å². The molecule has 0 radical (unpaired) electrons. The fourth-order valence-electron chi connectivity index (χ4n) is 1.77. The summed E-state index contributed by atoms with van der Waals surface area (Å²) in [5.41, 5.74) is 0.886. The molecular weight excluding hydrogens is 276 g/mol. The number of hydrogen-bond donors (Lipinski definition) is 2. The lowest BCUT2D eigenvalue weighted by Gasteiger charge is -2.15. The molecular formula is C14H23ClN4O. The number of halogens is 1. The Morgan fingerprint density at radius 2 is 2.05 bits per heavy atom. The van der Waals surface area contributed by atoms with Crippen molar-refractivity contribution in [1.82, 2.24) is 15.3 Å². The van der Waals surface area contributed by atoms with E-state index in [-0.39, 0.29) is 17.9 Å². The maximum Gasteiger partial charge on any atom is 0.221 e. The highest BCUT2D eigenvalue weighted by Gasteiger charge is 2.13. The summed E-state index contributed by atoms with van der Waals surface area (Å²) in [6, 6.07) is 0.210. The van der Waals surface area contributed by atoms with E-state index in [1.807, 2.05) is 27.7 Å². The van der Waals surface area contributed by atoms with Gasteiger partial charge in [-0.25, -0.2) is 9.97 Å². The second-order valence-electron chi connectivity index (χ2n) is 5.14. The van der Waals surface area contributed by atoms with Gasteiger partial charge in [0.25, 0.3) is 0 Å². The van der Waals surface area contributed by atoms with Crippen LogP contribution in [0.3, 0.4) is 0 Å². The Morgan fingerprint density at radius 3 is 2.65 bits per heavy atom. The van der Waals surface area contributed by atoms with Crippen LogP contribution < -0.4 is 10.6 Å². The SMILES string of the molecule is CCC(C)NC(=O)CCNc1ncnc(Cl)c1C(C)C. The molecule has 0 saturated heterocycles. The van der Waals surface area contributed by atoms with Crippen molar-refractivity contribution < 1.29 is 4.79 Å². The average Bonchev–Trinajstić information content (AvgIpc) is 2.38. The highest BCUT2D eigenvalue weighted by molar-refractivity contribution is 6.30. The fourth-order valence-corrected chi connectivity index (χ4v) is 2.12. The van der Waals surface area contributed by atoms with Crippen LogP contribution in [0.4, 0.5) is 5.82 Å². The van der Waals surface area contributed by atoms with Crippen molar-refractivity contribution in [3.05, 3.63) is 17.0 Å². The van der Waals surface area contributed by atoms with Crippen molar-refractivity contribution >= 4 is 23.3 Å². The van der Waals surface area contributed by atoms with Gasteiger partial charge in [0, 0.05) is 24.6 Å². The summed E-state index contributed by atoms with van der Waals surface area (Å²) in [4.78, 5) is 19.9. The monoisotopic (exact) mass is 298 g/mol. The van der Waals surface area contributed by atoms with Crippen LogP contribution in [0.15, 0.2) is 6.33 Å². The molecule has 1 aromatic heterocycles. The quantitative estimate of drug-likeness (QED) is 0.760. The Hall–Kier alpha value is -1.36. The summed E-state index contributed by atoms with van der Waals surface area (Å²) < 4.78 is 0. The molecule has 0 aromatic carbocycles. The van der Waals surface area contributed by atoms with Crippen LogP contribution in [0.5, 0.6) is 0 Å². The van der Waals surface area contributed by atoms with Crippen molar-refractivity contribution in [1.29, 1.82) is 0 Å². The van der Waals surface area contributed by atoms with Gasteiger partial charge in [-0.2, -0.15) is 0 Å². The standard InChI is InChI=1S/C14H23ClN4O/c1-5-10(4)19-11(20)6-7-16-14-12(9(2)3)13(15)17-8-18-14/h8-10H,5-7H2,1-4H3,(H,19,20)(H,16,17,18). The molecule has 1 heterocycles. The molecule has 1 amide bonds. The summed E-state index contributed by atoms with van der Waals surface area (Å²) in [7, 11) is 0. The van der Waals surface area contributed by atoms with Crippen LogP contribution in [0.2, 0.25) is 5.15 Å². The topological polar surface area (TPSA) is 66.9 Å². The smallest absolute Gasteiger partial charge is 0.221 e. The van der Waals surface area contributed by atoms with E-state index in [0.29, 0.717) is 23.9 Å². The van der Waals surface area contributed by atoms with Gasteiger partial charge in [0.15, 0.2) is 0 Å². The van der Waals surface area contributed by atoms with Gasteiger partial charge in [0.1, 0.15) is 17.3 Å². The number of rotatable bonds is 7. The first-order valence-electron chi connectivity index (χ1n) is 6.99. The van der Waals surface area contributed by atoms with Gasteiger partial charge in [-0.15, -0.1) is 0 Å². The highest BCUT2D eigenvalue weighted by Crippen LogP contribution is 2.27. The molecule has 112 valence electrons. The Morgan fingerprint density at radius 1 is 1.35 bits per heavy atom. The van der Waals surface area contributed by atoms with E-state index in [0.717, 1.165) is 12.0 Å². The minimum Gasteiger partial charge on any atom is -0.369 e. The summed E-state index contributed by atoms with van der Waals surface area (Å²) in [5, 5.41) is 6.55. The third-order valence-electron chi connectivity index (χ3n) is 3.08. The zero-order valence-corrected chi connectivity index (χ0v) is 13.3. The molecule has 1 unspecified atom stereocenters. The number of carbonyl (C=O) groups is 1. The maximum atomic E-state index is 11.7. The van der Waals surface area contributed by atoms with Crippen LogP contribution in [-0.2, 0) is 4.79 Å². The Labute approximate surface area is 125 Å². The number of carbonyl (C=O) groups excluding carboxylic acids is 1. The zero-order valence-electron chi connectivity index (χ0n) is 12.5. The predicted octanol–water partition coefficient (Wildman–Crippen LogP) is 2.97. The lowest BCUT2D eigenvalue weighted by atomic mass is 10.1. The van der Waals surface area contributed by atoms with Gasteiger partial charge in [-0.3, -0.25) is 4.79 Å². The molecule has 0 aliphatic rings. The van der Waals surface area contributed by atoms with Gasteiger partial charge >= 0.3 is 0 Å². The third kappa shape index (κ3) is 4.96. The molecule has 0 saturated carbocycles. The molecule has 0 fully saturated rings. The van der Waals surface area contributed by atoms with E-state index in [9.17, 15) is 4.79 Å². The Kier molecular flexibility index (Phi) is 6.71. The van der Waals surface area contributed by atoms with Crippen LogP contribution >= 0.6 is 11.6 Å². The summed E-state index contributed by atoms with van der Waals surface area (Å²) in [6.45, 7) is 8.62. The van der Waals surface area contributed by atoms with Gasteiger partial charge < -0.3 is 10.6 Å². The number of anilines is 1. The zero-order chi connectivity index (χ0) is 15.1. The number of aromatic nitrogens is 2. The van der Waals surface area contributed by atoms with Crippen molar-refractivity contribution in [2.75, 3.05) is 11.9 Å². The first kappa shape index (κ1) is 16.7. The minimum absolute atomic E-state index is 0.0399. The second kappa shape index (κ2) is 8.04. The summed E-state index contributed by atoms with van der Waals surface area (Å²) in [5.74, 6) is 0.967. The number of nitrogens with one attached hydrogen (secondary N) is 2. The van der Waals surface area contributed by atoms with Gasteiger partial charge in [-0.1, -0.05) is 32.4 Å². The van der Waals surface area contributed by atoms with Crippen LogP contribution in [0.1, 0.15) is 52.0 Å².